The van der Waals surface area contributed by atoms with Crippen LogP contribution in [0.4, 0.5) is 0 Å². The van der Waals surface area contributed by atoms with Crippen molar-refractivity contribution in [1.82, 2.24) is 20.0 Å². The largest absolute Gasteiger partial charge is 0.504 e. The van der Waals surface area contributed by atoms with Crippen molar-refractivity contribution in [1.29, 1.82) is 0 Å². The van der Waals surface area contributed by atoms with Gasteiger partial charge < -0.3 is 15.3 Å². The molecule has 1 aliphatic heterocycles. The molecule has 1 aromatic heterocycles. The zero-order valence-electron chi connectivity index (χ0n) is 14.3. The number of aromatic hydroxyl groups is 1. The highest BCUT2D eigenvalue weighted by Crippen LogP contribution is 2.28. The highest BCUT2D eigenvalue weighted by atomic mass is 16.3. The molecule has 2 aliphatic rings. The third-order valence-corrected chi connectivity index (χ3v) is 5.09. The van der Waals surface area contributed by atoms with Gasteiger partial charge in [-0.25, -0.2) is 4.68 Å². The summed E-state index contributed by atoms with van der Waals surface area (Å²) in [6.07, 6.45) is 6.12. The minimum Gasteiger partial charge on any atom is -0.504 e. The van der Waals surface area contributed by atoms with Crippen LogP contribution < -0.4 is 5.32 Å². The Balaban J connectivity index is 1.39. The van der Waals surface area contributed by atoms with Crippen LogP contribution in [0.15, 0.2) is 36.5 Å². The van der Waals surface area contributed by atoms with Gasteiger partial charge in [0.25, 0.3) is 5.91 Å². The minimum atomic E-state index is -0.187. The number of para-hydroxylation sites is 1. The summed E-state index contributed by atoms with van der Waals surface area (Å²) in [5, 5.41) is 18.1. The van der Waals surface area contributed by atoms with Gasteiger partial charge in [-0.05, 0) is 50.3 Å². The molecule has 2 aromatic rings. The number of nitrogens with one attached hydrogen (secondary N) is 1. The van der Waals surface area contributed by atoms with E-state index in [1.54, 1.807) is 9.58 Å². The first-order valence-electron chi connectivity index (χ1n) is 9.07. The summed E-state index contributed by atoms with van der Waals surface area (Å²) in [6.45, 7) is 2.53. The minimum absolute atomic E-state index is 0.0668. The van der Waals surface area contributed by atoms with Gasteiger partial charge in [0.2, 0.25) is 0 Å². The molecule has 6 heteroatoms. The van der Waals surface area contributed by atoms with Gasteiger partial charge >= 0.3 is 0 Å². The predicted molar refractivity (Wildman–Crippen MR) is 94.9 cm³/mol. The monoisotopic (exact) mass is 340 g/mol. The van der Waals surface area contributed by atoms with Gasteiger partial charge in [0.1, 0.15) is 0 Å². The van der Waals surface area contributed by atoms with Crippen molar-refractivity contribution in [3.8, 4) is 11.4 Å². The summed E-state index contributed by atoms with van der Waals surface area (Å²) < 4.78 is 1.55. The standard InChI is InChI=1S/C19H24N4O2/c24-17-13-23(16-4-2-1-3-5-16)21-18(17)19(25)22-10-8-15(9-11-22)20-12-14-6-7-14/h1-5,13-15,20,24H,6-12H2. The first-order chi connectivity index (χ1) is 12.2. The van der Waals surface area contributed by atoms with Gasteiger partial charge in [-0.3, -0.25) is 4.79 Å². The van der Waals surface area contributed by atoms with E-state index in [0.29, 0.717) is 19.1 Å². The number of likely N-dealkylation sites (tertiary alicyclic amines) is 1. The molecule has 2 N–H and O–H groups in total. The lowest BCUT2D eigenvalue weighted by atomic mass is 10.0. The van der Waals surface area contributed by atoms with Crippen LogP contribution in [0.2, 0.25) is 0 Å². The van der Waals surface area contributed by atoms with Gasteiger partial charge in [0.05, 0.1) is 11.9 Å². The van der Waals surface area contributed by atoms with E-state index in [-0.39, 0.29) is 17.4 Å². The van der Waals surface area contributed by atoms with Crippen molar-refractivity contribution in [2.45, 2.75) is 31.7 Å². The highest BCUT2D eigenvalue weighted by Gasteiger charge is 2.28. The van der Waals surface area contributed by atoms with E-state index < -0.39 is 0 Å². The first kappa shape index (κ1) is 16.1. The smallest absolute Gasteiger partial charge is 0.278 e. The fourth-order valence-electron chi connectivity index (χ4n) is 3.32. The lowest BCUT2D eigenvalue weighted by molar-refractivity contribution is 0.0695. The Morgan fingerprint density at radius 1 is 1.16 bits per heavy atom. The second-order valence-corrected chi connectivity index (χ2v) is 7.06. The van der Waals surface area contributed by atoms with E-state index in [0.717, 1.165) is 31.0 Å². The van der Waals surface area contributed by atoms with Gasteiger partial charge in [-0.15, -0.1) is 0 Å². The molecule has 0 spiro atoms. The summed E-state index contributed by atoms with van der Waals surface area (Å²) in [5.41, 5.74) is 0.952. The molecule has 1 aliphatic carbocycles. The molecule has 4 rings (SSSR count). The number of carbonyl (C=O) groups excluding carboxylic acids is 1. The second-order valence-electron chi connectivity index (χ2n) is 7.06. The molecule has 1 saturated carbocycles. The van der Waals surface area contributed by atoms with E-state index in [2.05, 4.69) is 10.4 Å². The predicted octanol–water partition coefficient (Wildman–Crippen LogP) is 2.18. The molecule has 1 saturated heterocycles. The zero-order valence-corrected chi connectivity index (χ0v) is 14.3. The van der Waals surface area contributed by atoms with Gasteiger partial charge in [-0.2, -0.15) is 5.10 Å². The third-order valence-electron chi connectivity index (χ3n) is 5.09. The highest BCUT2D eigenvalue weighted by molar-refractivity contribution is 5.94. The molecule has 2 heterocycles. The molecule has 1 aromatic carbocycles. The maximum atomic E-state index is 12.7. The van der Waals surface area contributed by atoms with Crippen LogP contribution in [-0.2, 0) is 0 Å². The summed E-state index contributed by atoms with van der Waals surface area (Å²) in [6, 6.07) is 9.99. The Bertz CT molecular complexity index is 731. The van der Waals surface area contributed by atoms with E-state index in [4.69, 9.17) is 0 Å². The quantitative estimate of drug-likeness (QED) is 0.875. The van der Waals surface area contributed by atoms with Crippen LogP contribution >= 0.6 is 0 Å². The lowest BCUT2D eigenvalue weighted by Gasteiger charge is -2.32. The third kappa shape index (κ3) is 3.69. The van der Waals surface area contributed by atoms with Gasteiger partial charge in [0.15, 0.2) is 11.4 Å². The molecular weight excluding hydrogens is 316 g/mol. The van der Waals surface area contributed by atoms with Crippen molar-refractivity contribution in [2.75, 3.05) is 19.6 Å². The average molecular weight is 340 g/mol. The fourth-order valence-corrected chi connectivity index (χ4v) is 3.32. The molecule has 6 nitrogen and oxygen atoms in total. The first-order valence-corrected chi connectivity index (χ1v) is 9.07. The number of rotatable bonds is 5. The number of carbonyl (C=O) groups is 1. The van der Waals surface area contributed by atoms with Crippen LogP contribution in [0.25, 0.3) is 5.69 Å². The van der Waals surface area contributed by atoms with Crippen LogP contribution in [0.5, 0.6) is 5.75 Å². The fraction of sp³-hybridized carbons (Fsp3) is 0.474. The van der Waals surface area contributed by atoms with Crippen molar-refractivity contribution in [3.05, 3.63) is 42.2 Å². The second kappa shape index (κ2) is 6.88. The molecule has 0 unspecified atom stereocenters. The summed E-state index contributed by atoms with van der Waals surface area (Å²) in [4.78, 5) is 14.5. The number of aromatic nitrogens is 2. The number of hydrogen-bond acceptors (Lipinski definition) is 4. The van der Waals surface area contributed by atoms with Crippen molar-refractivity contribution in [2.24, 2.45) is 5.92 Å². The maximum Gasteiger partial charge on any atom is 0.278 e. The summed E-state index contributed by atoms with van der Waals surface area (Å²) in [7, 11) is 0. The Morgan fingerprint density at radius 3 is 2.56 bits per heavy atom. The van der Waals surface area contributed by atoms with E-state index in [1.165, 1.54) is 19.0 Å². The Labute approximate surface area is 147 Å². The average Bonchev–Trinajstić information content (AvgIpc) is 3.41. The number of amides is 1. The topological polar surface area (TPSA) is 70.4 Å². The normalized spacial score (nSPS) is 18.5. The van der Waals surface area contributed by atoms with E-state index >= 15 is 0 Å². The molecule has 0 radical (unpaired) electrons. The Hall–Kier alpha value is -2.34. The summed E-state index contributed by atoms with van der Waals surface area (Å²) in [5.74, 6) is 0.620. The zero-order chi connectivity index (χ0) is 17.2. The molecule has 132 valence electrons. The lowest BCUT2D eigenvalue weighted by Crippen LogP contribution is -2.45. The SMILES string of the molecule is O=C(c1nn(-c2ccccc2)cc1O)N1CCC(NCC2CC2)CC1. The Morgan fingerprint density at radius 2 is 1.88 bits per heavy atom. The maximum absolute atomic E-state index is 12.7. The Kier molecular flexibility index (Phi) is 4.44. The number of hydrogen-bond donors (Lipinski definition) is 2. The summed E-state index contributed by atoms with van der Waals surface area (Å²) >= 11 is 0. The number of piperidine rings is 1. The molecule has 1 amide bonds. The van der Waals surface area contributed by atoms with Gasteiger partial charge in [0, 0.05) is 19.1 Å². The van der Waals surface area contributed by atoms with Crippen LogP contribution in [0, 0.1) is 5.92 Å². The van der Waals surface area contributed by atoms with E-state index in [9.17, 15) is 9.90 Å². The van der Waals surface area contributed by atoms with Gasteiger partial charge in [-0.1, -0.05) is 18.2 Å². The molecule has 0 bridgehead atoms. The number of benzene rings is 1. The van der Waals surface area contributed by atoms with Crippen LogP contribution in [0.3, 0.4) is 0 Å². The molecule has 2 fully saturated rings. The van der Waals surface area contributed by atoms with Crippen LogP contribution in [0.1, 0.15) is 36.2 Å². The number of nitrogens with zero attached hydrogens (tertiary/aromatic N) is 3. The molecule has 0 atom stereocenters. The van der Waals surface area contributed by atoms with Crippen molar-refractivity contribution < 1.29 is 9.90 Å². The van der Waals surface area contributed by atoms with E-state index in [1.807, 2.05) is 30.3 Å². The molecular formula is C19H24N4O2. The van der Waals surface area contributed by atoms with Crippen LogP contribution in [-0.4, -0.2) is 51.4 Å². The van der Waals surface area contributed by atoms with Crippen molar-refractivity contribution in [3.63, 3.8) is 0 Å². The molecule has 25 heavy (non-hydrogen) atoms. The van der Waals surface area contributed by atoms with Crippen molar-refractivity contribution >= 4 is 5.91 Å².